The van der Waals surface area contributed by atoms with Gasteiger partial charge in [-0.1, -0.05) is 0 Å². The average Bonchev–Trinajstić information content (AvgIpc) is 2.15. The van der Waals surface area contributed by atoms with E-state index >= 15 is 0 Å². The van der Waals surface area contributed by atoms with Gasteiger partial charge in [-0.25, -0.2) is 0 Å². The van der Waals surface area contributed by atoms with Gasteiger partial charge in [0.1, 0.15) is 0 Å². The minimum absolute atomic E-state index is 0. The molecule has 1 aromatic carbocycles. The third kappa shape index (κ3) is 3.63. The summed E-state index contributed by atoms with van der Waals surface area (Å²) in [6.07, 6.45) is 0. The van der Waals surface area contributed by atoms with E-state index in [1.165, 1.54) is 0 Å². The van der Waals surface area contributed by atoms with Crippen molar-refractivity contribution in [1.82, 2.24) is 0 Å². The predicted molar refractivity (Wildman–Crippen MR) is 52.1 cm³/mol. The molecule has 0 radical (unpaired) electrons. The van der Waals surface area contributed by atoms with Crippen molar-refractivity contribution in [2.45, 2.75) is 0 Å². The van der Waals surface area contributed by atoms with Crippen LogP contribution in [0.4, 0.5) is 5.69 Å². The van der Waals surface area contributed by atoms with Crippen LogP contribution in [0.5, 0.6) is 5.75 Å². The summed E-state index contributed by atoms with van der Waals surface area (Å²) >= 11 is 0. The number of hydrogen-bond acceptors (Lipinski definition) is 3. The van der Waals surface area contributed by atoms with Crippen molar-refractivity contribution in [3.05, 3.63) is 24.3 Å². The summed E-state index contributed by atoms with van der Waals surface area (Å²) in [5.41, 5.74) is 1.000. The van der Waals surface area contributed by atoms with E-state index in [0.717, 1.165) is 5.69 Å². The molecule has 0 aromatic heterocycles. The van der Waals surface area contributed by atoms with Gasteiger partial charge in [0, 0.05) is 12.9 Å². The third-order valence-corrected chi connectivity index (χ3v) is 1.60. The summed E-state index contributed by atoms with van der Waals surface area (Å²) in [4.78, 5) is 1.97. The molecule has 0 N–H and O–H groups in total. The number of nitrogens with zero attached hydrogens (tertiary/aromatic N) is 1. The van der Waals surface area contributed by atoms with Crippen LogP contribution < -0.4 is 28.5 Å². The van der Waals surface area contributed by atoms with Crippen molar-refractivity contribution in [1.29, 1.82) is 0 Å². The minimum Gasteiger partial charge on any atom is -0.491 e. The summed E-state index contributed by atoms with van der Waals surface area (Å²) in [7, 11) is 5.52. The number of methoxy groups -OCH3 is 1. The topological polar surface area (TPSA) is 21.7 Å². The van der Waals surface area contributed by atoms with Crippen LogP contribution in [0.15, 0.2) is 18.2 Å². The van der Waals surface area contributed by atoms with Crippen molar-refractivity contribution < 1.29 is 28.3 Å². The summed E-state index contributed by atoms with van der Waals surface area (Å²) in [6.45, 7) is 0.251. The number of benzene rings is 1. The van der Waals surface area contributed by atoms with Gasteiger partial charge in [0.15, 0.2) is 6.79 Å². The standard InChI is InChI=1S/C10H14NO2.Li/c1-11(2)9-6-4-5-7-10(9)13-8-12-3;/h4-6H,8H2,1-3H3;/q-1;+1. The zero-order chi connectivity index (χ0) is 9.68. The largest absolute Gasteiger partial charge is 1.00 e. The van der Waals surface area contributed by atoms with E-state index in [-0.39, 0.29) is 25.7 Å². The van der Waals surface area contributed by atoms with Gasteiger partial charge in [-0.3, -0.25) is 0 Å². The summed E-state index contributed by atoms with van der Waals surface area (Å²) < 4.78 is 10.1. The maximum absolute atomic E-state index is 5.33. The van der Waals surface area contributed by atoms with Crippen molar-refractivity contribution in [2.75, 3.05) is 32.9 Å². The van der Waals surface area contributed by atoms with Crippen molar-refractivity contribution in [3.63, 3.8) is 0 Å². The van der Waals surface area contributed by atoms with Crippen molar-refractivity contribution in [2.24, 2.45) is 0 Å². The molecule has 0 atom stereocenters. The van der Waals surface area contributed by atoms with Crippen LogP contribution in [0.25, 0.3) is 0 Å². The molecule has 14 heavy (non-hydrogen) atoms. The Hall–Kier alpha value is -0.623. The third-order valence-electron chi connectivity index (χ3n) is 1.60. The fourth-order valence-electron chi connectivity index (χ4n) is 0.998. The molecule has 0 bridgehead atoms. The molecular formula is C10H14LiNO2. The molecular weight excluding hydrogens is 173 g/mol. The summed E-state index contributed by atoms with van der Waals surface area (Å²) in [5, 5.41) is 0. The Morgan fingerprint density at radius 3 is 2.71 bits per heavy atom. The first-order chi connectivity index (χ1) is 6.25. The SMILES string of the molecule is COCOc1[c-]cccc1N(C)C.[Li+]. The monoisotopic (exact) mass is 187 g/mol. The second kappa shape index (κ2) is 6.78. The van der Waals surface area contributed by atoms with Gasteiger partial charge in [0.05, 0.1) is 0 Å². The van der Waals surface area contributed by atoms with Gasteiger partial charge in [-0.2, -0.15) is 12.1 Å². The quantitative estimate of drug-likeness (QED) is 0.327. The molecule has 0 unspecified atom stereocenters. The zero-order valence-corrected chi connectivity index (χ0v) is 9.20. The molecule has 0 heterocycles. The molecule has 0 saturated carbocycles. The average molecular weight is 187 g/mol. The normalized spacial score (nSPS) is 9.07. The van der Waals surface area contributed by atoms with Gasteiger partial charge < -0.3 is 14.4 Å². The van der Waals surface area contributed by atoms with Crippen molar-refractivity contribution in [3.8, 4) is 5.75 Å². The van der Waals surface area contributed by atoms with E-state index in [9.17, 15) is 0 Å². The Kier molecular flexibility index (Phi) is 6.47. The maximum atomic E-state index is 5.33. The molecule has 0 aliphatic heterocycles. The van der Waals surface area contributed by atoms with E-state index in [2.05, 4.69) is 6.07 Å². The first-order valence-corrected chi connectivity index (χ1v) is 4.05. The first-order valence-electron chi connectivity index (χ1n) is 4.05. The molecule has 4 heteroatoms. The van der Waals surface area contributed by atoms with Crippen LogP contribution in [0.2, 0.25) is 0 Å². The van der Waals surface area contributed by atoms with Gasteiger partial charge >= 0.3 is 18.9 Å². The van der Waals surface area contributed by atoms with E-state index in [4.69, 9.17) is 9.47 Å². The van der Waals surface area contributed by atoms with E-state index in [0.29, 0.717) is 5.75 Å². The van der Waals surface area contributed by atoms with Gasteiger partial charge in [0.2, 0.25) is 0 Å². The number of hydrogen-bond donors (Lipinski definition) is 0. The fourth-order valence-corrected chi connectivity index (χ4v) is 0.998. The Labute approximate surface area is 97.2 Å². The van der Waals surface area contributed by atoms with Crippen LogP contribution in [0.1, 0.15) is 0 Å². The van der Waals surface area contributed by atoms with Crippen LogP contribution in [-0.4, -0.2) is 28.0 Å². The van der Waals surface area contributed by atoms with Crippen LogP contribution in [0.3, 0.4) is 0 Å². The molecule has 72 valence electrons. The Bertz CT molecular complexity index is 266. The van der Waals surface area contributed by atoms with Crippen LogP contribution in [0, 0.1) is 6.07 Å². The maximum Gasteiger partial charge on any atom is 1.00 e. The van der Waals surface area contributed by atoms with Crippen LogP contribution >= 0.6 is 0 Å². The van der Waals surface area contributed by atoms with Gasteiger partial charge in [0.25, 0.3) is 0 Å². The molecule has 0 fully saturated rings. The molecule has 0 aliphatic rings. The van der Waals surface area contributed by atoms with E-state index in [1.54, 1.807) is 7.11 Å². The number of anilines is 1. The molecule has 3 nitrogen and oxygen atoms in total. The smallest absolute Gasteiger partial charge is 0.491 e. The Balaban J connectivity index is 0.00000169. The summed E-state index contributed by atoms with van der Waals surface area (Å²) in [6, 6.07) is 8.73. The zero-order valence-electron chi connectivity index (χ0n) is 9.20. The first kappa shape index (κ1) is 13.4. The number of para-hydroxylation sites is 1. The predicted octanol–water partition coefficient (Wildman–Crippen LogP) is -1.46. The summed E-state index contributed by atoms with van der Waals surface area (Å²) in [5.74, 6) is 0.717. The van der Waals surface area contributed by atoms with Crippen molar-refractivity contribution >= 4 is 5.69 Å². The fraction of sp³-hybridized carbons (Fsp3) is 0.400. The molecule has 0 amide bonds. The molecule has 1 aromatic rings. The molecule has 0 spiro atoms. The number of ether oxygens (including phenoxy) is 2. The van der Waals surface area contributed by atoms with E-state index < -0.39 is 0 Å². The second-order valence-corrected chi connectivity index (χ2v) is 2.83. The molecule has 0 saturated heterocycles. The Morgan fingerprint density at radius 2 is 2.14 bits per heavy atom. The van der Waals surface area contributed by atoms with Gasteiger partial charge in [-0.15, -0.1) is 12.1 Å². The second-order valence-electron chi connectivity index (χ2n) is 2.83. The number of rotatable bonds is 4. The van der Waals surface area contributed by atoms with Crippen LogP contribution in [-0.2, 0) is 4.74 Å². The molecule has 0 aliphatic carbocycles. The van der Waals surface area contributed by atoms with Gasteiger partial charge in [-0.05, 0) is 19.8 Å². The Morgan fingerprint density at radius 1 is 1.43 bits per heavy atom. The van der Waals surface area contributed by atoms with E-state index in [1.807, 2.05) is 37.2 Å². The molecule has 1 rings (SSSR count). The minimum atomic E-state index is 0.